The highest BCUT2D eigenvalue weighted by molar-refractivity contribution is 5.86. The number of carboxylic acid groups (broad SMARTS) is 1. The zero-order valence-electron chi connectivity index (χ0n) is 8.98. The molecule has 0 spiro atoms. The molecular formula is C12H7FN2O3. The molecule has 3 rings (SSSR count). The number of aromatic carboxylic acids is 1. The predicted molar refractivity (Wildman–Crippen MR) is 60.7 cm³/mol. The van der Waals surface area contributed by atoms with Crippen molar-refractivity contribution in [3.63, 3.8) is 0 Å². The summed E-state index contributed by atoms with van der Waals surface area (Å²) in [5.74, 6) is -1.65. The molecule has 0 atom stereocenters. The zero-order chi connectivity index (χ0) is 12.7. The number of hydrogen-bond acceptors (Lipinski definition) is 3. The molecule has 0 unspecified atom stereocenters. The molecule has 2 heterocycles. The minimum absolute atomic E-state index is 0.295. The van der Waals surface area contributed by atoms with Crippen LogP contribution in [-0.4, -0.2) is 21.0 Å². The minimum atomic E-state index is -1.23. The lowest BCUT2D eigenvalue weighted by molar-refractivity contribution is 0.0654. The first-order valence-corrected chi connectivity index (χ1v) is 5.11. The van der Waals surface area contributed by atoms with E-state index in [4.69, 9.17) is 9.52 Å². The summed E-state index contributed by atoms with van der Waals surface area (Å²) in [5.41, 5.74) is 1.29. The van der Waals surface area contributed by atoms with Crippen molar-refractivity contribution >= 4 is 16.9 Å². The molecule has 3 aromatic rings. The number of H-pyrrole nitrogens is 1. The molecule has 2 N–H and O–H groups in total. The zero-order valence-corrected chi connectivity index (χ0v) is 8.98. The van der Waals surface area contributed by atoms with Crippen molar-refractivity contribution in [2.45, 2.75) is 0 Å². The fourth-order valence-corrected chi connectivity index (χ4v) is 1.73. The number of carboxylic acids is 1. The van der Waals surface area contributed by atoms with Crippen LogP contribution in [0.5, 0.6) is 0 Å². The smallest absolute Gasteiger partial charge is 0.392 e. The van der Waals surface area contributed by atoms with Gasteiger partial charge in [0.15, 0.2) is 5.76 Å². The van der Waals surface area contributed by atoms with Crippen molar-refractivity contribution in [3.05, 3.63) is 42.2 Å². The van der Waals surface area contributed by atoms with Crippen LogP contribution < -0.4 is 0 Å². The summed E-state index contributed by atoms with van der Waals surface area (Å²) in [6, 6.07) is 5.99. The van der Waals surface area contributed by atoms with Crippen LogP contribution >= 0.6 is 0 Å². The fraction of sp³-hybridized carbons (Fsp3) is 0. The van der Waals surface area contributed by atoms with Crippen LogP contribution in [0.2, 0.25) is 0 Å². The number of rotatable bonds is 2. The van der Waals surface area contributed by atoms with Gasteiger partial charge in [-0.1, -0.05) is 0 Å². The lowest BCUT2D eigenvalue weighted by Gasteiger charge is -1.89. The van der Waals surface area contributed by atoms with Crippen LogP contribution in [0.3, 0.4) is 0 Å². The van der Waals surface area contributed by atoms with Crippen molar-refractivity contribution < 1.29 is 18.7 Å². The van der Waals surface area contributed by atoms with Crippen LogP contribution in [0.4, 0.5) is 4.39 Å². The first-order valence-electron chi connectivity index (χ1n) is 5.11. The molecule has 18 heavy (non-hydrogen) atoms. The van der Waals surface area contributed by atoms with Crippen LogP contribution in [0, 0.1) is 5.82 Å². The minimum Gasteiger partial charge on any atom is -0.474 e. The molecule has 0 saturated carbocycles. The third-order valence-corrected chi connectivity index (χ3v) is 2.54. The average molecular weight is 246 g/mol. The van der Waals surface area contributed by atoms with Crippen molar-refractivity contribution in [1.29, 1.82) is 0 Å². The molecule has 1 aromatic carbocycles. The largest absolute Gasteiger partial charge is 0.474 e. The highest BCUT2D eigenvalue weighted by Gasteiger charge is 2.14. The third-order valence-electron chi connectivity index (χ3n) is 2.54. The summed E-state index contributed by atoms with van der Waals surface area (Å²) < 4.78 is 18.1. The lowest BCUT2D eigenvalue weighted by atomic mass is 10.2. The molecule has 0 saturated heterocycles. The van der Waals surface area contributed by atoms with E-state index in [1.807, 2.05) is 0 Å². The van der Waals surface area contributed by atoms with E-state index in [-0.39, 0.29) is 11.7 Å². The molecule has 0 aliphatic rings. The van der Waals surface area contributed by atoms with Gasteiger partial charge in [0.25, 0.3) is 0 Å². The van der Waals surface area contributed by atoms with Gasteiger partial charge in [-0.15, -0.1) is 0 Å². The van der Waals surface area contributed by atoms with Gasteiger partial charge >= 0.3 is 11.9 Å². The number of oxazole rings is 1. The molecule has 90 valence electrons. The number of hydrogen-bond donors (Lipinski definition) is 2. The Hall–Kier alpha value is -2.63. The van der Waals surface area contributed by atoms with Crippen molar-refractivity contribution in [3.8, 4) is 11.5 Å². The van der Waals surface area contributed by atoms with E-state index >= 15 is 0 Å². The Morgan fingerprint density at radius 3 is 2.94 bits per heavy atom. The van der Waals surface area contributed by atoms with E-state index in [9.17, 15) is 9.18 Å². The molecular weight excluding hydrogens is 239 g/mol. The van der Waals surface area contributed by atoms with E-state index in [1.54, 1.807) is 12.1 Å². The Balaban J connectivity index is 2.10. The number of aromatic amines is 1. The van der Waals surface area contributed by atoms with Crippen LogP contribution in [0.1, 0.15) is 10.7 Å². The molecule has 0 aliphatic carbocycles. The quantitative estimate of drug-likeness (QED) is 0.728. The van der Waals surface area contributed by atoms with E-state index < -0.39 is 5.97 Å². The second-order valence-corrected chi connectivity index (χ2v) is 3.75. The van der Waals surface area contributed by atoms with Gasteiger partial charge in [-0.25, -0.2) is 14.2 Å². The van der Waals surface area contributed by atoms with Gasteiger partial charge in [-0.3, -0.25) is 0 Å². The second kappa shape index (κ2) is 3.69. The number of nitrogens with zero attached hydrogens (tertiary/aromatic N) is 1. The summed E-state index contributed by atoms with van der Waals surface area (Å²) in [4.78, 5) is 17.3. The van der Waals surface area contributed by atoms with Gasteiger partial charge in [-0.05, 0) is 24.3 Å². The van der Waals surface area contributed by atoms with Gasteiger partial charge in [0, 0.05) is 10.9 Å². The molecule has 5 nitrogen and oxygen atoms in total. The van der Waals surface area contributed by atoms with Gasteiger partial charge in [0.2, 0.25) is 0 Å². The fourth-order valence-electron chi connectivity index (χ4n) is 1.73. The lowest BCUT2D eigenvalue weighted by Crippen LogP contribution is -1.94. The summed E-state index contributed by atoms with van der Waals surface area (Å²) >= 11 is 0. The monoisotopic (exact) mass is 246 g/mol. The number of halogens is 1. The van der Waals surface area contributed by atoms with Crippen LogP contribution in [0.25, 0.3) is 22.4 Å². The van der Waals surface area contributed by atoms with Crippen LogP contribution in [-0.2, 0) is 0 Å². The Morgan fingerprint density at radius 1 is 1.39 bits per heavy atom. The van der Waals surface area contributed by atoms with E-state index in [0.29, 0.717) is 16.8 Å². The van der Waals surface area contributed by atoms with Crippen molar-refractivity contribution in [1.82, 2.24) is 9.97 Å². The number of aromatic nitrogens is 2. The predicted octanol–water partition coefficient (Wildman–Crippen LogP) is 2.66. The van der Waals surface area contributed by atoms with E-state index in [0.717, 1.165) is 5.52 Å². The molecule has 0 fully saturated rings. The maximum Gasteiger partial charge on any atom is 0.392 e. The van der Waals surface area contributed by atoms with Gasteiger partial charge in [-0.2, -0.15) is 0 Å². The normalized spacial score (nSPS) is 10.9. The van der Waals surface area contributed by atoms with E-state index in [2.05, 4.69) is 9.97 Å². The maximum absolute atomic E-state index is 13.0. The van der Waals surface area contributed by atoms with Gasteiger partial charge in [0.05, 0.1) is 11.9 Å². The Kier molecular flexibility index (Phi) is 2.16. The molecule has 0 aliphatic heterocycles. The summed E-state index contributed by atoms with van der Waals surface area (Å²) in [5, 5.41) is 9.38. The molecule has 0 bridgehead atoms. The summed E-state index contributed by atoms with van der Waals surface area (Å²) in [7, 11) is 0. The second-order valence-electron chi connectivity index (χ2n) is 3.75. The Bertz CT molecular complexity index is 745. The number of carbonyl (C=O) groups is 1. The Labute approximate surface area is 99.9 Å². The maximum atomic E-state index is 13.0. The highest BCUT2D eigenvalue weighted by atomic mass is 19.1. The van der Waals surface area contributed by atoms with Gasteiger partial charge < -0.3 is 14.5 Å². The van der Waals surface area contributed by atoms with Crippen molar-refractivity contribution in [2.75, 3.05) is 0 Å². The van der Waals surface area contributed by atoms with Crippen molar-refractivity contribution in [2.24, 2.45) is 0 Å². The summed E-state index contributed by atoms with van der Waals surface area (Å²) in [6.07, 6.45) is 1.31. The number of nitrogens with one attached hydrogen (secondary N) is 1. The van der Waals surface area contributed by atoms with E-state index in [1.165, 1.54) is 18.3 Å². The van der Waals surface area contributed by atoms with Crippen LogP contribution in [0.15, 0.2) is 34.9 Å². The molecule has 0 amide bonds. The average Bonchev–Trinajstić information content (AvgIpc) is 2.93. The SMILES string of the molecule is O=C(O)c1ncc(-c2cc3cc(F)ccc3[nH]2)o1. The molecule has 2 aromatic heterocycles. The van der Waals surface area contributed by atoms with Gasteiger partial charge in [0.1, 0.15) is 5.82 Å². The first-order chi connectivity index (χ1) is 8.63. The Morgan fingerprint density at radius 2 is 2.22 bits per heavy atom. The highest BCUT2D eigenvalue weighted by Crippen LogP contribution is 2.25. The molecule has 6 heteroatoms. The standard InChI is InChI=1S/C12H7FN2O3/c13-7-1-2-8-6(3-7)4-9(15-8)10-5-14-11(18-10)12(16)17/h1-5,15H,(H,16,17). The third kappa shape index (κ3) is 1.64. The number of fused-ring (bicyclic) bond motifs is 1. The molecule has 0 radical (unpaired) electrons. The summed E-state index contributed by atoms with van der Waals surface area (Å²) in [6.45, 7) is 0. The number of benzene rings is 1. The topological polar surface area (TPSA) is 79.1 Å². The first kappa shape index (κ1) is 10.5.